The minimum absolute atomic E-state index is 0.0820. The summed E-state index contributed by atoms with van der Waals surface area (Å²) in [6.07, 6.45) is 1.51. The molecule has 2 aromatic carbocycles. The number of oxime groups is 1. The lowest BCUT2D eigenvalue weighted by atomic mass is 10.0. The third-order valence-electron chi connectivity index (χ3n) is 4.16. The van der Waals surface area contributed by atoms with Gasteiger partial charge in [-0.2, -0.15) is 9.49 Å². The molecule has 0 atom stereocenters. The molecule has 28 heavy (non-hydrogen) atoms. The maximum Gasteiger partial charge on any atom is 0.262 e. The molecule has 0 aliphatic rings. The minimum atomic E-state index is -0.683. The third kappa shape index (κ3) is 3.89. The lowest BCUT2D eigenvalue weighted by molar-refractivity contribution is 0.102. The van der Waals surface area contributed by atoms with Gasteiger partial charge < -0.3 is 10.2 Å². The summed E-state index contributed by atoms with van der Waals surface area (Å²) in [7, 11) is 2.90. The number of hydrogen-bond acceptors (Lipinski definition) is 4. The van der Waals surface area contributed by atoms with Crippen LogP contribution in [0, 0.1) is 12.9 Å². The molecule has 0 aliphatic carbocycles. The Balaban J connectivity index is 1.95. The first-order valence-electron chi connectivity index (χ1n) is 8.38. The van der Waals surface area contributed by atoms with Crippen LogP contribution in [0.1, 0.15) is 21.6 Å². The number of benzene rings is 2. The zero-order valence-electron chi connectivity index (χ0n) is 15.5. The number of hydrogen-bond donors (Lipinski definition) is 1. The summed E-state index contributed by atoms with van der Waals surface area (Å²) >= 11 is 6.32. The van der Waals surface area contributed by atoms with Gasteiger partial charge in [0.15, 0.2) is 0 Å². The highest BCUT2D eigenvalue weighted by molar-refractivity contribution is 6.33. The van der Waals surface area contributed by atoms with Crippen molar-refractivity contribution in [3.05, 3.63) is 70.3 Å². The monoisotopic (exact) mass is 400 g/mol. The van der Waals surface area contributed by atoms with Crippen LogP contribution < -0.4 is 5.32 Å². The number of anilines is 1. The number of para-hydroxylation sites is 1. The number of aromatic nitrogens is 2. The molecular formula is C20H18ClFN4O2. The van der Waals surface area contributed by atoms with Crippen molar-refractivity contribution in [3.8, 4) is 11.1 Å². The predicted octanol–water partition coefficient (Wildman–Crippen LogP) is 4.42. The highest BCUT2D eigenvalue weighted by atomic mass is 35.5. The maximum atomic E-state index is 14.2. The van der Waals surface area contributed by atoms with Crippen LogP contribution in [0.2, 0.25) is 5.02 Å². The molecule has 144 valence electrons. The van der Waals surface area contributed by atoms with Crippen LogP contribution in [-0.4, -0.2) is 29.0 Å². The Bertz CT molecular complexity index is 1060. The zero-order chi connectivity index (χ0) is 20.3. The number of halogens is 2. The van der Waals surface area contributed by atoms with Crippen LogP contribution in [0.4, 0.5) is 10.1 Å². The first-order chi connectivity index (χ1) is 13.4. The van der Waals surface area contributed by atoms with Crippen LogP contribution in [0.15, 0.2) is 47.6 Å². The van der Waals surface area contributed by atoms with E-state index >= 15 is 0 Å². The average Bonchev–Trinajstić information content (AvgIpc) is 2.93. The van der Waals surface area contributed by atoms with Gasteiger partial charge in [-0.05, 0) is 24.6 Å². The van der Waals surface area contributed by atoms with Crippen molar-refractivity contribution in [1.29, 1.82) is 0 Å². The SMILES string of the molecule is CO/N=C/c1ccc(-c2ccccc2NC(=O)c2c(C)nn(C)c2F)cc1Cl. The molecule has 0 spiro atoms. The second-order valence-electron chi connectivity index (χ2n) is 6.03. The van der Waals surface area contributed by atoms with E-state index in [-0.39, 0.29) is 5.56 Å². The molecule has 3 aromatic rings. The topological polar surface area (TPSA) is 68.5 Å². The molecule has 0 fully saturated rings. The summed E-state index contributed by atoms with van der Waals surface area (Å²) in [5, 5.41) is 10.9. The standard InChI is InChI=1S/C20H18ClFN4O2/c1-12-18(19(22)26(2)25-12)20(27)24-17-7-5-4-6-15(17)13-8-9-14(11-23-28-3)16(21)10-13/h4-11H,1-3H3,(H,24,27)/b23-11+. The van der Waals surface area contributed by atoms with Crippen LogP contribution in [0.3, 0.4) is 0 Å². The van der Waals surface area contributed by atoms with Crippen LogP contribution in [0.25, 0.3) is 11.1 Å². The Hall–Kier alpha value is -3.19. The van der Waals surface area contributed by atoms with E-state index in [9.17, 15) is 9.18 Å². The van der Waals surface area contributed by atoms with Crippen LogP contribution in [-0.2, 0) is 11.9 Å². The van der Waals surface area contributed by atoms with Crippen molar-refractivity contribution < 1.29 is 14.0 Å². The number of nitrogens with zero attached hydrogens (tertiary/aromatic N) is 3. The maximum absolute atomic E-state index is 14.2. The lowest BCUT2D eigenvalue weighted by Gasteiger charge is -2.12. The Labute approximate surface area is 166 Å². The van der Waals surface area contributed by atoms with E-state index in [2.05, 4.69) is 20.4 Å². The summed E-state index contributed by atoms with van der Waals surface area (Å²) in [6.45, 7) is 1.59. The molecule has 6 nitrogen and oxygen atoms in total. The van der Waals surface area contributed by atoms with E-state index in [1.165, 1.54) is 20.4 Å². The molecule has 1 amide bonds. The van der Waals surface area contributed by atoms with Crippen LogP contribution >= 0.6 is 11.6 Å². The molecule has 0 unspecified atom stereocenters. The molecule has 0 saturated heterocycles. The summed E-state index contributed by atoms with van der Waals surface area (Å²) in [6, 6.07) is 12.6. The first-order valence-corrected chi connectivity index (χ1v) is 8.76. The quantitative estimate of drug-likeness (QED) is 0.509. The van der Waals surface area contributed by atoms with Gasteiger partial charge in [0, 0.05) is 23.9 Å². The summed E-state index contributed by atoms with van der Waals surface area (Å²) < 4.78 is 15.2. The Morgan fingerprint density at radius 2 is 2.07 bits per heavy atom. The van der Waals surface area contributed by atoms with Gasteiger partial charge in [0.05, 0.1) is 16.9 Å². The largest absolute Gasteiger partial charge is 0.399 e. The fourth-order valence-electron chi connectivity index (χ4n) is 2.83. The molecule has 0 aliphatic heterocycles. The second kappa shape index (κ2) is 8.22. The van der Waals surface area contributed by atoms with Crippen LogP contribution in [0.5, 0.6) is 0 Å². The smallest absolute Gasteiger partial charge is 0.262 e. The van der Waals surface area contributed by atoms with Gasteiger partial charge in [-0.3, -0.25) is 4.79 Å². The van der Waals surface area contributed by atoms with Crippen molar-refractivity contribution in [3.63, 3.8) is 0 Å². The van der Waals surface area contributed by atoms with Gasteiger partial charge in [-0.15, -0.1) is 0 Å². The fourth-order valence-corrected chi connectivity index (χ4v) is 3.05. The molecule has 0 bridgehead atoms. The van der Waals surface area contributed by atoms with Gasteiger partial charge in [0.1, 0.15) is 12.7 Å². The Morgan fingerprint density at radius 1 is 1.32 bits per heavy atom. The molecule has 0 saturated carbocycles. The lowest BCUT2D eigenvalue weighted by Crippen LogP contribution is -2.15. The normalized spacial score (nSPS) is 11.0. The van der Waals surface area contributed by atoms with Crippen molar-refractivity contribution in [1.82, 2.24) is 9.78 Å². The van der Waals surface area contributed by atoms with E-state index in [1.807, 2.05) is 18.2 Å². The fraction of sp³-hybridized carbons (Fsp3) is 0.150. The minimum Gasteiger partial charge on any atom is -0.399 e. The van der Waals surface area contributed by atoms with E-state index in [0.29, 0.717) is 22.0 Å². The molecular weight excluding hydrogens is 383 g/mol. The summed E-state index contributed by atoms with van der Waals surface area (Å²) in [5.41, 5.74) is 3.00. The average molecular weight is 401 g/mol. The van der Waals surface area contributed by atoms with E-state index in [1.54, 1.807) is 31.2 Å². The first kappa shape index (κ1) is 19.6. The van der Waals surface area contributed by atoms with Gasteiger partial charge in [0.25, 0.3) is 5.91 Å². The Morgan fingerprint density at radius 3 is 2.71 bits per heavy atom. The molecule has 3 rings (SSSR count). The van der Waals surface area contributed by atoms with Crippen molar-refractivity contribution in [2.24, 2.45) is 12.2 Å². The second-order valence-corrected chi connectivity index (χ2v) is 6.44. The number of carbonyl (C=O) groups is 1. The number of rotatable bonds is 5. The molecule has 1 N–H and O–H groups in total. The molecule has 0 radical (unpaired) electrons. The predicted molar refractivity (Wildman–Crippen MR) is 107 cm³/mol. The van der Waals surface area contributed by atoms with E-state index in [4.69, 9.17) is 11.6 Å². The van der Waals surface area contributed by atoms with Gasteiger partial charge in [-0.25, -0.2) is 4.68 Å². The zero-order valence-corrected chi connectivity index (χ0v) is 16.3. The van der Waals surface area contributed by atoms with Gasteiger partial charge in [-0.1, -0.05) is 47.1 Å². The number of amides is 1. The third-order valence-corrected chi connectivity index (χ3v) is 4.49. The van der Waals surface area contributed by atoms with Crippen molar-refractivity contribution >= 4 is 29.4 Å². The van der Waals surface area contributed by atoms with Gasteiger partial charge >= 0.3 is 0 Å². The molecule has 1 aromatic heterocycles. The Kier molecular flexibility index (Phi) is 5.75. The highest BCUT2D eigenvalue weighted by Crippen LogP contribution is 2.31. The summed E-state index contributed by atoms with van der Waals surface area (Å²) in [4.78, 5) is 17.3. The van der Waals surface area contributed by atoms with Crippen molar-refractivity contribution in [2.75, 3.05) is 12.4 Å². The van der Waals surface area contributed by atoms with E-state index in [0.717, 1.165) is 15.8 Å². The molecule has 1 heterocycles. The van der Waals surface area contributed by atoms with Gasteiger partial charge in [0.2, 0.25) is 5.95 Å². The number of carbonyl (C=O) groups excluding carboxylic acids is 1. The number of nitrogens with one attached hydrogen (secondary N) is 1. The van der Waals surface area contributed by atoms with Crippen molar-refractivity contribution in [2.45, 2.75) is 6.92 Å². The highest BCUT2D eigenvalue weighted by Gasteiger charge is 2.21. The van der Waals surface area contributed by atoms with E-state index < -0.39 is 11.9 Å². The number of aryl methyl sites for hydroxylation is 2. The summed E-state index contributed by atoms with van der Waals surface area (Å²) in [5.74, 6) is -1.25. The molecule has 8 heteroatoms.